The zero-order valence-corrected chi connectivity index (χ0v) is 18.8. The second kappa shape index (κ2) is 9.81. The second-order valence-electron chi connectivity index (χ2n) is 6.95. The van der Waals surface area contributed by atoms with Crippen molar-refractivity contribution in [2.75, 3.05) is 11.9 Å². The van der Waals surface area contributed by atoms with Crippen molar-refractivity contribution in [3.8, 4) is 5.69 Å². The van der Waals surface area contributed by atoms with E-state index in [4.69, 9.17) is 27.9 Å². The molecular formula is C23H21Cl2N3O3. The van der Waals surface area contributed by atoms with Crippen LogP contribution in [0.25, 0.3) is 11.8 Å². The summed E-state index contributed by atoms with van der Waals surface area (Å²) in [4.78, 5) is 24.2. The largest absolute Gasteiger partial charge is 0.452 e. The van der Waals surface area contributed by atoms with Crippen LogP contribution in [0.4, 0.5) is 5.69 Å². The van der Waals surface area contributed by atoms with E-state index in [1.54, 1.807) is 29.8 Å². The molecule has 8 heteroatoms. The number of aromatic nitrogens is 2. The Morgan fingerprint density at radius 1 is 1.10 bits per heavy atom. The van der Waals surface area contributed by atoms with Crippen molar-refractivity contribution >= 4 is 46.8 Å². The minimum Gasteiger partial charge on any atom is -0.452 e. The molecule has 0 unspecified atom stereocenters. The SMILES string of the molecule is Cc1ccc(-n2nc(C)c(NC(=O)COC(=O)/C=C/c3ccc(Cl)cc3Cl)c2C)cc1. The molecule has 0 fully saturated rings. The lowest BCUT2D eigenvalue weighted by Crippen LogP contribution is -2.20. The standard InChI is InChI=1S/C23H21Cl2N3O3/c1-14-4-9-19(10-5-14)28-16(3)23(15(2)27-28)26-21(29)13-31-22(30)11-7-17-6-8-18(24)12-20(17)25/h4-12H,13H2,1-3H3,(H,26,29)/b11-7+. The van der Waals surface area contributed by atoms with Crippen LogP contribution in [0.1, 0.15) is 22.5 Å². The summed E-state index contributed by atoms with van der Waals surface area (Å²) >= 11 is 11.9. The van der Waals surface area contributed by atoms with Crippen LogP contribution < -0.4 is 5.32 Å². The molecular weight excluding hydrogens is 437 g/mol. The molecule has 0 bridgehead atoms. The molecule has 0 spiro atoms. The summed E-state index contributed by atoms with van der Waals surface area (Å²) < 4.78 is 6.77. The van der Waals surface area contributed by atoms with Crippen molar-refractivity contribution < 1.29 is 14.3 Å². The van der Waals surface area contributed by atoms with E-state index < -0.39 is 18.5 Å². The number of ether oxygens (including phenoxy) is 1. The highest BCUT2D eigenvalue weighted by molar-refractivity contribution is 6.35. The van der Waals surface area contributed by atoms with Gasteiger partial charge in [0.05, 0.1) is 22.8 Å². The van der Waals surface area contributed by atoms with Crippen LogP contribution in [0.5, 0.6) is 0 Å². The number of hydrogen-bond acceptors (Lipinski definition) is 4. The van der Waals surface area contributed by atoms with Crippen LogP contribution in [-0.4, -0.2) is 28.3 Å². The van der Waals surface area contributed by atoms with Crippen LogP contribution in [0.15, 0.2) is 48.5 Å². The number of carbonyl (C=O) groups excluding carboxylic acids is 2. The number of esters is 1. The number of nitrogens with zero attached hydrogens (tertiary/aromatic N) is 2. The number of halogens is 2. The second-order valence-corrected chi connectivity index (χ2v) is 7.79. The number of amides is 1. The van der Waals surface area contributed by atoms with Crippen LogP contribution >= 0.6 is 23.2 Å². The summed E-state index contributed by atoms with van der Waals surface area (Å²) in [6.45, 7) is 5.25. The Labute approximate surface area is 190 Å². The van der Waals surface area contributed by atoms with Gasteiger partial charge in [0.2, 0.25) is 0 Å². The molecule has 0 atom stereocenters. The van der Waals surface area contributed by atoms with E-state index in [9.17, 15) is 9.59 Å². The number of aryl methyl sites for hydroxylation is 2. The maximum absolute atomic E-state index is 12.3. The van der Waals surface area contributed by atoms with Gasteiger partial charge in [-0.15, -0.1) is 0 Å². The molecule has 0 aliphatic heterocycles. The highest BCUT2D eigenvalue weighted by atomic mass is 35.5. The van der Waals surface area contributed by atoms with Crippen LogP contribution in [-0.2, 0) is 14.3 Å². The Morgan fingerprint density at radius 3 is 2.48 bits per heavy atom. The van der Waals surface area contributed by atoms with Gasteiger partial charge in [0.25, 0.3) is 5.91 Å². The summed E-state index contributed by atoms with van der Waals surface area (Å²) in [5.74, 6) is -1.12. The lowest BCUT2D eigenvalue weighted by Gasteiger charge is -2.07. The highest BCUT2D eigenvalue weighted by Crippen LogP contribution is 2.23. The Morgan fingerprint density at radius 2 is 1.81 bits per heavy atom. The van der Waals surface area contributed by atoms with Gasteiger partial charge >= 0.3 is 5.97 Å². The predicted molar refractivity (Wildman–Crippen MR) is 123 cm³/mol. The summed E-state index contributed by atoms with van der Waals surface area (Å²) in [6, 6.07) is 12.8. The average Bonchev–Trinajstić information content (AvgIpc) is 3.00. The topological polar surface area (TPSA) is 73.2 Å². The molecule has 2 aromatic carbocycles. The maximum Gasteiger partial charge on any atom is 0.331 e. The fourth-order valence-electron chi connectivity index (χ4n) is 2.92. The molecule has 0 saturated heterocycles. The number of carbonyl (C=O) groups is 2. The van der Waals surface area contributed by atoms with Crippen molar-refractivity contribution in [1.29, 1.82) is 0 Å². The molecule has 31 heavy (non-hydrogen) atoms. The van der Waals surface area contributed by atoms with Gasteiger partial charge in [-0.3, -0.25) is 4.79 Å². The maximum atomic E-state index is 12.3. The first-order valence-electron chi connectivity index (χ1n) is 9.47. The molecule has 1 amide bonds. The first kappa shape index (κ1) is 22.6. The third-order valence-corrected chi connectivity index (χ3v) is 5.10. The number of nitrogens with one attached hydrogen (secondary N) is 1. The normalized spacial score (nSPS) is 11.0. The quantitative estimate of drug-likeness (QED) is 0.402. The van der Waals surface area contributed by atoms with Crippen molar-refractivity contribution in [1.82, 2.24) is 9.78 Å². The van der Waals surface area contributed by atoms with Crippen molar-refractivity contribution in [3.63, 3.8) is 0 Å². The van der Waals surface area contributed by atoms with Crippen molar-refractivity contribution in [2.24, 2.45) is 0 Å². The molecule has 3 rings (SSSR count). The Hall–Kier alpha value is -3.09. The molecule has 160 valence electrons. The van der Waals surface area contributed by atoms with E-state index in [1.165, 1.54) is 12.2 Å². The van der Waals surface area contributed by atoms with Gasteiger partial charge in [-0.1, -0.05) is 47.0 Å². The van der Waals surface area contributed by atoms with Gasteiger partial charge < -0.3 is 10.1 Å². The Balaban J connectivity index is 1.60. The van der Waals surface area contributed by atoms with E-state index in [0.717, 1.165) is 16.9 Å². The molecule has 1 heterocycles. The van der Waals surface area contributed by atoms with Crippen LogP contribution in [0.3, 0.4) is 0 Å². The monoisotopic (exact) mass is 457 g/mol. The zero-order chi connectivity index (χ0) is 22.5. The van der Waals surface area contributed by atoms with Crippen molar-refractivity contribution in [2.45, 2.75) is 20.8 Å². The van der Waals surface area contributed by atoms with Crippen LogP contribution in [0, 0.1) is 20.8 Å². The summed E-state index contributed by atoms with van der Waals surface area (Å²) in [7, 11) is 0. The van der Waals surface area contributed by atoms with Gasteiger partial charge in [0.15, 0.2) is 6.61 Å². The molecule has 1 N–H and O–H groups in total. The minimum absolute atomic E-state index is 0.408. The lowest BCUT2D eigenvalue weighted by atomic mass is 10.2. The third kappa shape index (κ3) is 5.75. The average molecular weight is 458 g/mol. The smallest absolute Gasteiger partial charge is 0.331 e. The summed E-state index contributed by atoms with van der Waals surface area (Å²) in [5, 5.41) is 8.17. The fraction of sp³-hybridized carbons (Fsp3) is 0.174. The van der Waals surface area contributed by atoms with Crippen molar-refractivity contribution in [3.05, 3.63) is 81.1 Å². The van der Waals surface area contributed by atoms with Crippen LogP contribution in [0.2, 0.25) is 10.0 Å². The number of hydrogen-bond donors (Lipinski definition) is 1. The van der Waals surface area contributed by atoms with E-state index >= 15 is 0 Å². The lowest BCUT2D eigenvalue weighted by molar-refractivity contribution is -0.142. The Kier molecular flexibility index (Phi) is 7.15. The molecule has 0 aliphatic rings. The highest BCUT2D eigenvalue weighted by Gasteiger charge is 2.16. The van der Waals surface area contributed by atoms with Gasteiger partial charge in [0, 0.05) is 16.1 Å². The third-order valence-electron chi connectivity index (χ3n) is 4.54. The van der Waals surface area contributed by atoms with Gasteiger partial charge in [-0.2, -0.15) is 5.10 Å². The molecule has 1 aromatic heterocycles. The summed E-state index contributed by atoms with van der Waals surface area (Å²) in [6.07, 6.45) is 2.70. The van der Waals surface area contributed by atoms with E-state index in [-0.39, 0.29) is 0 Å². The predicted octanol–water partition coefficient (Wildman–Crippen LogP) is 5.30. The molecule has 6 nitrogen and oxygen atoms in total. The molecule has 0 saturated carbocycles. The Bertz CT molecular complexity index is 1150. The van der Waals surface area contributed by atoms with E-state index in [2.05, 4.69) is 10.4 Å². The number of rotatable bonds is 6. The van der Waals surface area contributed by atoms with Gasteiger partial charge in [-0.05, 0) is 56.7 Å². The zero-order valence-electron chi connectivity index (χ0n) is 17.3. The minimum atomic E-state index is -0.662. The number of anilines is 1. The number of benzene rings is 2. The first-order chi connectivity index (χ1) is 14.7. The van der Waals surface area contributed by atoms with Gasteiger partial charge in [0.1, 0.15) is 0 Å². The molecule has 0 radical (unpaired) electrons. The molecule has 3 aromatic rings. The summed E-state index contributed by atoms with van der Waals surface area (Å²) in [5.41, 5.74) is 4.68. The van der Waals surface area contributed by atoms with E-state index in [0.29, 0.717) is 27.0 Å². The molecule has 0 aliphatic carbocycles. The van der Waals surface area contributed by atoms with E-state index in [1.807, 2.05) is 38.1 Å². The first-order valence-corrected chi connectivity index (χ1v) is 10.2. The fourth-order valence-corrected chi connectivity index (χ4v) is 3.39. The van der Waals surface area contributed by atoms with Gasteiger partial charge in [-0.25, -0.2) is 9.48 Å².